The van der Waals surface area contributed by atoms with Crippen molar-refractivity contribution in [3.63, 3.8) is 0 Å². The van der Waals surface area contributed by atoms with Crippen LogP contribution in [-0.2, 0) is 35.1 Å². The van der Waals surface area contributed by atoms with Crippen molar-refractivity contribution in [1.29, 1.82) is 0 Å². The topological polar surface area (TPSA) is 171 Å². The standard InChI is InChI=1S/C41H61FN6O8S/c1-9-26(4)34(46(6)38(51)33(25(2)3)45-39(52)41(42)17-20-47(24-41)40(53)54)31(55-7)23-32(49)48-19-13-16-30(48)35(56-8)27(5)36(50)44-29(37-43-18-21-57-37)22-28-14-11-10-12-15-28/h10-12,14-15,18,21,25-27,29-31,33-35H,9,13,16-17,19-20,22-24H2,1-8H3,(H,44,50)(H,45,52)(H,53,54)/t26-,27+,29-,30-,31+,33-,34-,35+,41-/m0/s1. The molecule has 0 bridgehead atoms. The van der Waals surface area contributed by atoms with Gasteiger partial charge in [0.25, 0.3) is 5.91 Å². The first-order chi connectivity index (χ1) is 27.1. The van der Waals surface area contributed by atoms with Crippen molar-refractivity contribution >= 4 is 41.1 Å². The summed E-state index contributed by atoms with van der Waals surface area (Å²) in [6, 6.07) is 7.46. The number of rotatable bonds is 19. The second kappa shape index (κ2) is 20.5. The first kappa shape index (κ1) is 45.6. The van der Waals surface area contributed by atoms with Gasteiger partial charge in [0.15, 0.2) is 0 Å². The van der Waals surface area contributed by atoms with E-state index in [1.807, 2.05) is 56.5 Å². The van der Waals surface area contributed by atoms with Crippen LogP contribution in [0.25, 0.3) is 0 Å². The predicted octanol–water partition coefficient (Wildman–Crippen LogP) is 4.70. The van der Waals surface area contributed by atoms with Crippen molar-refractivity contribution in [1.82, 2.24) is 30.3 Å². The smallest absolute Gasteiger partial charge is 0.407 e. The lowest BCUT2D eigenvalue weighted by Gasteiger charge is -2.41. The Morgan fingerprint density at radius 2 is 1.77 bits per heavy atom. The van der Waals surface area contributed by atoms with Crippen molar-refractivity contribution in [2.75, 3.05) is 40.9 Å². The van der Waals surface area contributed by atoms with Crippen LogP contribution in [0.4, 0.5) is 9.18 Å². The van der Waals surface area contributed by atoms with Crippen LogP contribution in [0.15, 0.2) is 41.9 Å². The molecule has 1 aromatic heterocycles. The van der Waals surface area contributed by atoms with E-state index in [-0.39, 0.29) is 49.2 Å². The summed E-state index contributed by atoms with van der Waals surface area (Å²) in [7, 11) is 4.65. The number of hydrogen-bond acceptors (Lipinski definition) is 9. The number of benzene rings is 1. The maximum atomic E-state index is 15.7. The van der Waals surface area contributed by atoms with Crippen molar-refractivity contribution in [3.8, 4) is 0 Å². The van der Waals surface area contributed by atoms with E-state index in [1.165, 1.54) is 23.3 Å². The molecule has 2 aromatic rings. The number of nitrogens with one attached hydrogen (secondary N) is 2. The summed E-state index contributed by atoms with van der Waals surface area (Å²) in [5.41, 5.74) is -1.40. The van der Waals surface area contributed by atoms with E-state index in [9.17, 15) is 29.1 Å². The monoisotopic (exact) mass is 816 g/mol. The number of aromatic nitrogens is 1. The molecule has 1 aromatic carbocycles. The molecule has 2 saturated heterocycles. The fourth-order valence-corrected chi connectivity index (χ4v) is 8.88. The molecule has 0 spiro atoms. The number of thiazole rings is 1. The Hall–Kier alpha value is -4.15. The molecule has 0 aliphatic carbocycles. The molecule has 57 heavy (non-hydrogen) atoms. The molecule has 2 aliphatic heterocycles. The van der Waals surface area contributed by atoms with E-state index >= 15 is 4.39 Å². The quantitative estimate of drug-likeness (QED) is 0.182. The molecule has 14 nitrogen and oxygen atoms in total. The molecule has 4 rings (SSSR count). The van der Waals surface area contributed by atoms with Gasteiger partial charge in [0, 0.05) is 52.4 Å². The van der Waals surface area contributed by atoms with Gasteiger partial charge < -0.3 is 39.9 Å². The molecule has 2 fully saturated rings. The zero-order valence-electron chi connectivity index (χ0n) is 34.5. The summed E-state index contributed by atoms with van der Waals surface area (Å²) < 4.78 is 27.7. The molecule has 0 unspecified atom stereocenters. The van der Waals surface area contributed by atoms with Crippen LogP contribution in [0.3, 0.4) is 0 Å². The van der Waals surface area contributed by atoms with E-state index in [0.717, 1.165) is 21.9 Å². The number of halogens is 1. The van der Waals surface area contributed by atoms with Gasteiger partial charge in [-0.1, -0.05) is 71.4 Å². The Kier molecular flexibility index (Phi) is 16.4. The van der Waals surface area contributed by atoms with Crippen LogP contribution in [0, 0.1) is 17.8 Å². The van der Waals surface area contributed by atoms with Gasteiger partial charge in [0.2, 0.25) is 23.4 Å². The number of likely N-dealkylation sites (tertiary alicyclic amines) is 2. The molecule has 16 heteroatoms. The Balaban J connectivity index is 1.47. The SMILES string of the molecule is CC[C@H](C)[C@@H]([C@@H](CC(=O)N1CCC[C@H]1[C@H](OC)[C@@H](C)C(=O)N[C@@H](Cc1ccccc1)c1nccs1)OC)N(C)C(=O)[C@@H](NC(=O)[C@]1(F)CCN(C(=O)O)C1)C(C)C. The maximum Gasteiger partial charge on any atom is 0.407 e. The van der Waals surface area contributed by atoms with Gasteiger partial charge in [-0.2, -0.15) is 0 Å². The number of likely N-dealkylation sites (N-methyl/N-ethyl adjacent to an activating group) is 1. The number of hydrogen-bond donors (Lipinski definition) is 3. The third-order valence-corrected chi connectivity index (χ3v) is 12.6. The van der Waals surface area contributed by atoms with Gasteiger partial charge in [-0.05, 0) is 36.7 Å². The number of amides is 5. The zero-order valence-corrected chi connectivity index (χ0v) is 35.3. The number of carbonyl (C=O) groups is 5. The van der Waals surface area contributed by atoms with Gasteiger partial charge >= 0.3 is 6.09 Å². The van der Waals surface area contributed by atoms with E-state index in [2.05, 4.69) is 15.6 Å². The minimum Gasteiger partial charge on any atom is -0.465 e. The maximum absolute atomic E-state index is 15.7. The second-order valence-electron chi connectivity index (χ2n) is 15.8. The highest BCUT2D eigenvalue weighted by atomic mass is 32.1. The number of ether oxygens (including phenoxy) is 2. The van der Waals surface area contributed by atoms with Gasteiger partial charge in [-0.25, -0.2) is 14.2 Å². The Bertz CT molecular complexity index is 1650. The highest BCUT2D eigenvalue weighted by Crippen LogP contribution is 2.31. The summed E-state index contributed by atoms with van der Waals surface area (Å²) >= 11 is 1.48. The minimum absolute atomic E-state index is 0.0584. The first-order valence-corrected chi connectivity index (χ1v) is 20.8. The van der Waals surface area contributed by atoms with Gasteiger partial charge in [0.1, 0.15) is 11.0 Å². The normalized spacial score (nSPS) is 22.0. The third kappa shape index (κ3) is 11.1. The van der Waals surface area contributed by atoms with Crippen molar-refractivity contribution in [2.24, 2.45) is 17.8 Å². The van der Waals surface area contributed by atoms with E-state index in [0.29, 0.717) is 25.8 Å². The van der Waals surface area contributed by atoms with Crippen LogP contribution < -0.4 is 10.6 Å². The summed E-state index contributed by atoms with van der Waals surface area (Å²) in [5.74, 6) is -3.10. The third-order valence-electron chi connectivity index (χ3n) is 11.7. The predicted molar refractivity (Wildman–Crippen MR) is 214 cm³/mol. The number of carbonyl (C=O) groups excluding carboxylic acids is 4. The fraction of sp³-hybridized carbons (Fsp3) is 0.659. The minimum atomic E-state index is -2.46. The lowest BCUT2D eigenvalue weighted by atomic mass is 9.89. The van der Waals surface area contributed by atoms with Gasteiger partial charge in [-0.15, -0.1) is 11.3 Å². The summed E-state index contributed by atoms with van der Waals surface area (Å²) in [4.78, 5) is 75.5. The molecular formula is C41H61FN6O8S. The molecule has 316 valence electrons. The van der Waals surface area contributed by atoms with Crippen molar-refractivity contribution < 1.29 is 42.9 Å². The first-order valence-electron chi connectivity index (χ1n) is 19.9. The Morgan fingerprint density at radius 1 is 1.07 bits per heavy atom. The molecule has 9 atom stereocenters. The molecule has 3 heterocycles. The summed E-state index contributed by atoms with van der Waals surface area (Å²) in [6.07, 6.45) is 1.27. The van der Waals surface area contributed by atoms with Gasteiger partial charge in [-0.3, -0.25) is 19.2 Å². The lowest BCUT2D eigenvalue weighted by molar-refractivity contribution is -0.148. The molecule has 0 saturated carbocycles. The van der Waals surface area contributed by atoms with Gasteiger partial charge in [0.05, 0.1) is 49.2 Å². The average Bonchev–Trinajstić information content (AvgIpc) is 3.99. The number of alkyl halides is 1. The van der Waals surface area contributed by atoms with E-state index in [4.69, 9.17) is 9.47 Å². The average molecular weight is 817 g/mol. The van der Waals surface area contributed by atoms with Crippen LogP contribution >= 0.6 is 11.3 Å². The summed E-state index contributed by atoms with van der Waals surface area (Å²) in [5, 5.41) is 17.8. The van der Waals surface area contributed by atoms with Crippen LogP contribution in [0.2, 0.25) is 0 Å². The molecule has 0 radical (unpaired) electrons. The fourth-order valence-electron chi connectivity index (χ4n) is 8.19. The molecule has 5 amide bonds. The second-order valence-corrected chi connectivity index (χ2v) is 16.8. The highest BCUT2D eigenvalue weighted by molar-refractivity contribution is 7.09. The van der Waals surface area contributed by atoms with Crippen molar-refractivity contribution in [3.05, 3.63) is 52.5 Å². The highest BCUT2D eigenvalue weighted by Gasteiger charge is 2.49. The van der Waals surface area contributed by atoms with Crippen LogP contribution in [-0.4, -0.2) is 131 Å². The zero-order chi connectivity index (χ0) is 42.0. The largest absolute Gasteiger partial charge is 0.465 e. The Labute approximate surface area is 339 Å². The molecular weight excluding hydrogens is 756 g/mol. The van der Waals surface area contributed by atoms with E-state index < -0.39 is 66.2 Å². The Morgan fingerprint density at radius 3 is 2.33 bits per heavy atom. The number of carboxylic acid groups (broad SMARTS) is 1. The summed E-state index contributed by atoms with van der Waals surface area (Å²) in [6.45, 7) is 8.94. The molecule has 2 aliphatic rings. The molecule has 3 N–H and O–H groups in total. The number of methoxy groups -OCH3 is 2. The van der Waals surface area contributed by atoms with Crippen LogP contribution in [0.1, 0.15) is 83.3 Å². The lowest BCUT2D eigenvalue weighted by Crippen LogP contribution is -2.60. The van der Waals surface area contributed by atoms with Crippen molar-refractivity contribution in [2.45, 2.75) is 115 Å². The number of nitrogens with zero attached hydrogens (tertiary/aromatic N) is 4. The van der Waals surface area contributed by atoms with E-state index in [1.54, 1.807) is 39.1 Å². The van der Waals surface area contributed by atoms with Crippen LogP contribution in [0.5, 0.6) is 0 Å².